The zero-order chi connectivity index (χ0) is 14.9. The molecule has 0 spiro atoms. The summed E-state index contributed by atoms with van der Waals surface area (Å²) < 4.78 is 1.90. The van der Waals surface area contributed by atoms with Crippen LogP contribution in [0.3, 0.4) is 0 Å². The van der Waals surface area contributed by atoms with Gasteiger partial charge in [0.1, 0.15) is 0 Å². The Kier molecular flexibility index (Phi) is 6.62. The quantitative estimate of drug-likeness (QED) is 0.864. The van der Waals surface area contributed by atoms with Crippen molar-refractivity contribution in [3.8, 4) is 5.69 Å². The Bertz CT molecular complexity index is 626. The minimum atomic E-state index is -0.292. The Hall–Kier alpha value is -1.56. The van der Waals surface area contributed by atoms with Gasteiger partial charge in [-0.2, -0.15) is 0 Å². The lowest BCUT2D eigenvalue weighted by atomic mass is 9.95. The van der Waals surface area contributed by atoms with E-state index in [4.69, 9.17) is 5.73 Å². The number of halogens is 2. The first-order chi connectivity index (χ1) is 10.1. The third-order valence-corrected chi connectivity index (χ3v) is 4.23. The molecule has 1 aliphatic carbocycles. The molecule has 2 aromatic rings. The van der Waals surface area contributed by atoms with Gasteiger partial charge in [0.15, 0.2) is 0 Å². The SMILES string of the molecule is CC(CN)(NC(=O)c1ccc(-n2ccnc2)cc1)C1CC1.Cl.Cl. The van der Waals surface area contributed by atoms with E-state index in [1.165, 1.54) is 0 Å². The third-order valence-electron chi connectivity index (χ3n) is 4.23. The standard InChI is InChI=1S/C16H20N4O.2ClH/c1-16(10-17,13-4-5-13)19-15(21)12-2-6-14(7-3-12)20-9-8-18-11-20;;/h2-3,6-9,11,13H,4-5,10,17H2,1H3,(H,19,21);2*1H. The molecule has 23 heavy (non-hydrogen) atoms. The number of nitrogens with zero attached hydrogens (tertiary/aromatic N) is 2. The monoisotopic (exact) mass is 356 g/mol. The highest BCUT2D eigenvalue weighted by Crippen LogP contribution is 2.39. The molecule has 1 amide bonds. The molecule has 1 unspecified atom stereocenters. The second-order valence-corrected chi connectivity index (χ2v) is 5.87. The summed E-state index contributed by atoms with van der Waals surface area (Å²) in [4.78, 5) is 16.4. The van der Waals surface area contributed by atoms with Gasteiger partial charge in [0.2, 0.25) is 0 Å². The van der Waals surface area contributed by atoms with E-state index in [1.54, 1.807) is 12.5 Å². The van der Waals surface area contributed by atoms with E-state index in [0.29, 0.717) is 18.0 Å². The Morgan fingerprint density at radius 1 is 1.35 bits per heavy atom. The maximum atomic E-state index is 12.4. The first-order valence-electron chi connectivity index (χ1n) is 7.23. The molecule has 1 saturated carbocycles. The van der Waals surface area contributed by atoms with Gasteiger partial charge in [-0.05, 0) is 49.9 Å². The van der Waals surface area contributed by atoms with E-state index in [1.807, 2.05) is 42.0 Å². The molecule has 3 rings (SSSR count). The molecule has 1 aromatic heterocycles. The van der Waals surface area contributed by atoms with Crippen LogP contribution in [0.1, 0.15) is 30.1 Å². The summed E-state index contributed by atoms with van der Waals surface area (Å²) in [7, 11) is 0. The summed E-state index contributed by atoms with van der Waals surface area (Å²) in [5.41, 5.74) is 7.18. The first kappa shape index (κ1) is 19.5. The van der Waals surface area contributed by atoms with E-state index in [2.05, 4.69) is 10.3 Å². The maximum absolute atomic E-state index is 12.4. The number of carbonyl (C=O) groups excluding carboxylic acids is 1. The predicted molar refractivity (Wildman–Crippen MR) is 95.7 cm³/mol. The minimum Gasteiger partial charge on any atom is -0.345 e. The van der Waals surface area contributed by atoms with Crippen molar-refractivity contribution in [3.05, 3.63) is 48.5 Å². The highest BCUT2D eigenvalue weighted by Gasteiger charge is 2.41. The van der Waals surface area contributed by atoms with E-state index in [0.717, 1.165) is 18.5 Å². The summed E-state index contributed by atoms with van der Waals surface area (Å²) >= 11 is 0. The van der Waals surface area contributed by atoms with Gasteiger partial charge in [0.05, 0.1) is 11.9 Å². The average Bonchev–Trinajstić information content (AvgIpc) is 3.23. The number of rotatable bonds is 5. The van der Waals surface area contributed by atoms with Crippen molar-refractivity contribution in [2.24, 2.45) is 11.7 Å². The van der Waals surface area contributed by atoms with Crippen LogP contribution >= 0.6 is 24.8 Å². The molecule has 0 radical (unpaired) electrons. The van der Waals surface area contributed by atoms with Gasteiger partial charge in [-0.3, -0.25) is 4.79 Å². The number of hydrogen-bond donors (Lipinski definition) is 2. The lowest BCUT2D eigenvalue weighted by Gasteiger charge is -2.29. The molecule has 1 aromatic carbocycles. The number of carbonyl (C=O) groups is 1. The van der Waals surface area contributed by atoms with Crippen molar-refractivity contribution in [2.45, 2.75) is 25.3 Å². The summed E-state index contributed by atoms with van der Waals surface area (Å²) in [5.74, 6) is 0.448. The van der Waals surface area contributed by atoms with Crippen LogP contribution in [0.15, 0.2) is 43.0 Å². The Labute approximate surface area is 148 Å². The van der Waals surface area contributed by atoms with E-state index in [9.17, 15) is 4.79 Å². The van der Waals surface area contributed by atoms with Gasteiger partial charge in [-0.1, -0.05) is 0 Å². The number of hydrogen-bond acceptors (Lipinski definition) is 3. The first-order valence-corrected chi connectivity index (χ1v) is 7.23. The Morgan fingerprint density at radius 2 is 2.00 bits per heavy atom. The van der Waals surface area contributed by atoms with Crippen LogP contribution in [0.4, 0.5) is 0 Å². The molecule has 3 N–H and O–H groups in total. The van der Waals surface area contributed by atoms with Crippen molar-refractivity contribution in [1.29, 1.82) is 0 Å². The number of amides is 1. The van der Waals surface area contributed by atoms with Gasteiger partial charge in [0.25, 0.3) is 5.91 Å². The molecule has 1 heterocycles. The molecule has 0 bridgehead atoms. The molecule has 1 aliphatic rings. The minimum absolute atomic E-state index is 0. The lowest BCUT2D eigenvalue weighted by Crippen LogP contribution is -2.53. The van der Waals surface area contributed by atoms with Crippen LogP contribution in [-0.2, 0) is 0 Å². The third kappa shape index (κ3) is 4.25. The zero-order valence-corrected chi connectivity index (χ0v) is 14.6. The maximum Gasteiger partial charge on any atom is 0.251 e. The molecule has 0 aliphatic heterocycles. The molecular formula is C16H22Cl2N4O. The molecule has 1 atom stereocenters. The fourth-order valence-electron chi connectivity index (χ4n) is 2.57. The van der Waals surface area contributed by atoms with Crippen molar-refractivity contribution < 1.29 is 4.79 Å². The summed E-state index contributed by atoms with van der Waals surface area (Å²) in [5, 5.41) is 3.09. The summed E-state index contributed by atoms with van der Waals surface area (Å²) in [6.07, 6.45) is 7.62. The summed E-state index contributed by atoms with van der Waals surface area (Å²) in [6, 6.07) is 7.48. The molecule has 126 valence electrons. The number of benzene rings is 1. The molecule has 1 fully saturated rings. The van der Waals surface area contributed by atoms with Crippen LogP contribution < -0.4 is 11.1 Å². The van der Waals surface area contributed by atoms with Crippen molar-refractivity contribution in [2.75, 3.05) is 6.54 Å². The highest BCUT2D eigenvalue weighted by atomic mass is 35.5. The zero-order valence-electron chi connectivity index (χ0n) is 12.9. The number of imidazole rings is 1. The van der Waals surface area contributed by atoms with Gasteiger partial charge in [-0.15, -0.1) is 24.8 Å². The Morgan fingerprint density at radius 3 is 2.48 bits per heavy atom. The van der Waals surface area contributed by atoms with Gasteiger partial charge in [0, 0.05) is 30.2 Å². The number of aromatic nitrogens is 2. The largest absolute Gasteiger partial charge is 0.345 e. The normalized spacial score (nSPS) is 15.7. The Balaban J connectivity index is 0.00000132. The summed E-state index contributed by atoms with van der Waals surface area (Å²) in [6.45, 7) is 2.50. The second-order valence-electron chi connectivity index (χ2n) is 5.87. The predicted octanol–water partition coefficient (Wildman–Crippen LogP) is 2.57. The van der Waals surface area contributed by atoms with Crippen LogP contribution in [0.25, 0.3) is 5.69 Å². The highest BCUT2D eigenvalue weighted by molar-refractivity contribution is 5.95. The topological polar surface area (TPSA) is 72.9 Å². The van der Waals surface area contributed by atoms with Gasteiger partial charge in [-0.25, -0.2) is 4.98 Å². The van der Waals surface area contributed by atoms with Crippen LogP contribution in [0.5, 0.6) is 0 Å². The van der Waals surface area contributed by atoms with Crippen LogP contribution in [0.2, 0.25) is 0 Å². The molecular weight excluding hydrogens is 335 g/mol. The molecule has 0 saturated heterocycles. The van der Waals surface area contributed by atoms with Gasteiger partial charge >= 0.3 is 0 Å². The molecule has 5 nitrogen and oxygen atoms in total. The van der Waals surface area contributed by atoms with E-state index >= 15 is 0 Å². The smallest absolute Gasteiger partial charge is 0.251 e. The fraction of sp³-hybridized carbons (Fsp3) is 0.375. The number of nitrogens with one attached hydrogen (secondary N) is 1. The van der Waals surface area contributed by atoms with Crippen LogP contribution in [-0.4, -0.2) is 27.5 Å². The fourth-order valence-corrected chi connectivity index (χ4v) is 2.57. The number of nitrogens with two attached hydrogens (primary N) is 1. The van der Waals surface area contributed by atoms with Crippen molar-refractivity contribution in [1.82, 2.24) is 14.9 Å². The van der Waals surface area contributed by atoms with E-state index in [-0.39, 0.29) is 36.3 Å². The van der Waals surface area contributed by atoms with Crippen LogP contribution in [0, 0.1) is 5.92 Å². The molecule has 7 heteroatoms. The second kappa shape index (κ2) is 7.81. The lowest BCUT2D eigenvalue weighted by molar-refractivity contribution is 0.0898. The van der Waals surface area contributed by atoms with Crippen molar-refractivity contribution >= 4 is 30.7 Å². The van der Waals surface area contributed by atoms with Crippen molar-refractivity contribution in [3.63, 3.8) is 0 Å². The van der Waals surface area contributed by atoms with E-state index < -0.39 is 0 Å². The van der Waals surface area contributed by atoms with Gasteiger partial charge < -0.3 is 15.6 Å². The average molecular weight is 357 g/mol.